The van der Waals surface area contributed by atoms with Gasteiger partial charge in [-0.25, -0.2) is 13.6 Å². The predicted molar refractivity (Wildman–Crippen MR) is 102 cm³/mol. The van der Waals surface area contributed by atoms with Gasteiger partial charge in [-0.2, -0.15) is 0 Å². The molecular weight excluding hydrogens is 368 g/mol. The Hall–Kier alpha value is -2.78. The maximum Gasteiger partial charge on any atom is 0.238 e. The highest BCUT2D eigenvalue weighted by molar-refractivity contribution is 7.89. The highest BCUT2D eigenvalue weighted by Gasteiger charge is 2.40. The first-order chi connectivity index (χ1) is 12.6. The van der Waals surface area contributed by atoms with E-state index in [0.717, 1.165) is 28.2 Å². The zero-order valence-electron chi connectivity index (χ0n) is 15.1. The van der Waals surface area contributed by atoms with E-state index < -0.39 is 15.4 Å². The Morgan fingerprint density at radius 3 is 2.37 bits per heavy atom. The lowest BCUT2D eigenvalue weighted by Crippen LogP contribution is -2.26. The first-order valence-electron chi connectivity index (χ1n) is 8.35. The summed E-state index contributed by atoms with van der Waals surface area (Å²) in [6, 6.07) is 8.37. The molecule has 2 aromatic carbocycles. The fraction of sp³-hybridized carbons (Fsp3) is 0.278. The monoisotopic (exact) mass is 388 g/mol. The number of amides is 1. The molecule has 1 atom stereocenters. The fourth-order valence-corrected chi connectivity index (χ4v) is 4.00. The molecule has 0 saturated heterocycles. The number of ether oxygens (including phenoxy) is 1. The lowest BCUT2D eigenvalue weighted by molar-refractivity contribution is -0.119. The Bertz CT molecular complexity index is 1080. The molecule has 1 amide bonds. The van der Waals surface area contributed by atoms with Gasteiger partial charge in [0.25, 0.3) is 0 Å². The van der Waals surface area contributed by atoms with Crippen molar-refractivity contribution in [3.63, 3.8) is 0 Å². The molecule has 27 heavy (non-hydrogen) atoms. The normalized spacial score (nSPS) is 19.6. The van der Waals surface area contributed by atoms with Crippen LogP contribution in [0.15, 0.2) is 35.2 Å². The number of carbonyl (C=O) groups excluding carboxylic acids is 1. The minimum atomic E-state index is -3.82. The van der Waals surface area contributed by atoms with E-state index in [0.29, 0.717) is 5.75 Å². The Balaban J connectivity index is 1.70. The van der Waals surface area contributed by atoms with E-state index >= 15 is 0 Å². The Labute approximate surface area is 157 Å². The van der Waals surface area contributed by atoms with Crippen LogP contribution in [0.4, 0.5) is 17.1 Å². The molecule has 0 radical (unpaired) electrons. The number of anilines is 3. The summed E-state index contributed by atoms with van der Waals surface area (Å²) in [5.74, 6) is 0.374. The van der Waals surface area contributed by atoms with E-state index in [1.54, 1.807) is 6.07 Å². The number of hydrogen-bond acceptors (Lipinski definition) is 6. The molecule has 0 aliphatic carbocycles. The minimum absolute atomic E-state index is 0.0120. The highest BCUT2D eigenvalue weighted by Crippen LogP contribution is 2.46. The van der Waals surface area contributed by atoms with Crippen molar-refractivity contribution >= 4 is 33.0 Å². The molecule has 2 aliphatic heterocycles. The molecule has 1 unspecified atom stereocenters. The number of nitrogens with two attached hydrogens (primary N) is 1. The van der Waals surface area contributed by atoms with E-state index in [-0.39, 0.29) is 17.0 Å². The Morgan fingerprint density at radius 2 is 1.74 bits per heavy atom. The molecule has 5 N–H and O–H groups in total. The van der Waals surface area contributed by atoms with Crippen molar-refractivity contribution in [2.75, 3.05) is 23.1 Å². The van der Waals surface area contributed by atoms with Gasteiger partial charge in [-0.05, 0) is 37.6 Å². The fourth-order valence-electron chi connectivity index (χ4n) is 3.47. The van der Waals surface area contributed by atoms with Crippen molar-refractivity contribution in [3.05, 3.63) is 41.5 Å². The molecule has 4 rings (SSSR count). The molecule has 2 aromatic rings. The van der Waals surface area contributed by atoms with Gasteiger partial charge in [0.15, 0.2) is 0 Å². The highest BCUT2D eigenvalue weighted by atomic mass is 32.2. The number of rotatable bonds is 3. The number of hydrogen-bond donors (Lipinski definition) is 4. The number of methoxy groups -OCH3 is 1. The number of carbonyl (C=O) groups is 1. The van der Waals surface area contributed by atoms with Crippen LogP contribution >= 0.6 is 0 Å². The number of sulfonamides is 1. The van der Waals surface area contributed by atoms with Crippen LogP contribution in [-0.2, 0) is 20.2 Å². The van der Waals surface area contributed by atoms with Crippen molar-refractivity contribution in [1.29, 1.82) is 0 Å². The van der Waals surface area contributed by atoms with Gasteiger partial charge in [-0.1, -0.05) is 6.07 Å². The molecule has 0 bridgehead atoms. The number of primary sulfonamides is 1. The van der Waals surface area contributed by atoms with E-state index in [1.165, 1.54) is 19.2 Å². The van der Waals surface area contributed by atoms with Crippen molar-refractivity contribution in [1.82, 2.24) is 0 Å². The first kappa shape index (κ1) is 17.6. The summed E-state index contributed by atoms with van der Waals surface area (Å²) in [5.41, 5.74) is 3.56. The molecule has 0 spiro atoms. The maximum atomic E-state index is 12.1. The van der Waals surface area contributed by atoms with Gasteiger partial charge in [0.2, 0.25) is 15.9 Å². The Morgan fingerprint density at radius 1 is 1.07 bits per heavy atom. The first-order valence-corrected chi connectivity index (χ1v) is 9.89. The van der Waals surface area contributed by atoms with Crippen LogP contribution in [0.5, 0.6) is 5.75 Å². The second kappa shape index (κ2) is 5.61. The van der Waals surface area contributed by atoms with Crippen LogP contribution in [-0.4, -0.2) is 21.4 Å². The van der Waals surface area contributed by atoms with E-state index in [1.807, 2.05) is 26.0 Å². The average Bonchev–Trinajstić information content (AvgIpc) is 3.10. The van der Waals surface area contributed by atoms with Crippen LogP contribution in [0.25, 0.3) is 0 Å². The molecule has 0 aromatic heterocycles. The van der Waals surface area contributed by atoms with Crippen molar-refractivity contribution in [2.45, 2.75) is 30.3 Å². The topological polar surface area (TPSA) is 123 Å². The zero-order valence-corrected chi connectivity index (χ0v) is 15.9. The third kappa shape index (κ3) is 2.70. The molecule has 2 aliphatic rings. The molecule has 8 nitrogen and oxygen atoms in total. The summed E-state index contributed by atoms with van der Waals surface area (Å²) in [6.07, 6.45) is -0.314. The lowest BCUT2D eigenvalue weighted by atomic mass is 9.86. The summed E-state index contributed by atoms with van der Waals surface area (Å²) >= 11 is 0. The average molecular weight is 388 g/mol. The van der Waals surface area contributed by atoms with Gasteiger partial charge in [-0.15, -0.1) is 0 Å². The van der Waals surface area contributed by atoms with Crippen LogP contribution < -0.4 is 25.8 Å². The van der Waals surface area contributed by atoms with Gasteiger partial charge in [-0.3, -0.25) is 4.79 Å². The summed E-state index contributed by atoms with van der Waals surface area (Å²) in [7, 11) is -2.34. The van der Waals surface area contributed by atoms with Gasteiger partial charge in [0, 0.05) is 17.3 Å². The number of fused-ring (bicyclic) bond motifs is 2. The Kier molecular flexibility index (Phi) is 3.66. The van der Waals surface area contributed by atoms with Crippen molar-refractivity contribution in [2.24, 2.45) is 5.14 Å². The molecule has 142 valence electrons. The minimum Gasteiger partial charge on any atom is -0.496 e. The second-order valence-corrected chi connectivity index (χ2v) is 8.75. The molecule has 9 heteroatoms. The van der Waals surface area contributed by atoms with Crippen molar-refractivity contribution in [3.8, 4) is 5.75 Å². The largest absolute Gasteiger partial charge is 0.496 e. The molecule has 2 heterocycles. The van der Waals surface area contributed by atoms with Crippen LogP contribution in [0.2, 0.25) is 0 Å². The summed E-state index contributed by atoms with van der Waals surface area (Å²) in [4.78, 5) is 12.1. The lowest BCUT2D eigenvalue weighted by Gasteiger charge is -2.17. The smallest absolute Gasteiger partial charge is 0.238 e. The third-order valence-electron chi connectivity index (χ3n) is 5.09. The maximum absolute atomic E-state index is 12.1. The summed E-state index contributed by atoms with van der Waals surface area (Å²) in [5, 5.41) is 14.8. The quantitative estimate of drug-likeness (QED) is 0.639. The zero-order chi connectivity index (χ0) is 19.6. The van der Waals surface area contributed by atoms with E-state index in [4.69, 9.17) is 9.88 Å². The number of nitrogens with one attached hydrogen (secondary N) is 3. The van der Waals surface area contributed by atoms with Crippen LogP contribution in [0.1, 0.15) is 31.1 Å². The molecular formula is C18H20N4O4S. The van der Waals surface area contributed by atoms with Gasteiger partial charge in [0.1, 0.15) is 11.9 Å². The third-order valence-corrected chi connectivity index (χ3v) is 6.00. The van der Waals surface area contributed by atoms with Gasteiger partial charge < -0.3 is 20.7 Å². The number of benzene rings is 2. The SMILES string of the molecule is COc1cc(S(N)(=O)=O)ccc1C1Nc2cc3c(cc2N1)C(C)(C)C(=O)N3. The van der Waals surface area contributed by atoms with E-state index in [2.05, 4.69) is 16.0 Å². The van der Waals surface area contributed by atoms with Gasteiger partial charge in [0.05, 0.1) is 28.8 Å². The molecule has 0 saturated carbocycles. The van der Waals surface area contributed by atoms with Crippen LogP contribution in [0, 0.1) is 0 Å². The summed E-state index contributed by atoms with van der Waals surface area (Å²) in [6.45, 7) is 3.77. The van der Waals surface area contributed by atoms with Crippen molar-refractivity contribution < 1.29 is 17.9 Å². The molecule has 0 fully saturated rings. The standard InChI is InChI=1S/C18H20N4O4S/c1-18(2)11-7-13-14(8-12(11)22-17(18)23)21-16(20-13)10-5-4-9(27(19,24)25)6-15(10)26-3/h4-8,16,20-21H,1-3H3,(H,22,23)(H2,19,24,25). The second-order valence-electron chi connectivity index (χ2n) is 7.19. The summed E-state index contributed by atoms with van der Waals surface area (Å²) < 4.78 is 28.5. The predicted octanol–water partition coefficient (Wildman–Crippen LogP) is 2.11. The van der Waals surface area contributed by atoms with E-state index in [9.17, 15) is 13.2 Å². The van der Waals surface area contributed by atoms with Crippen LogP contribution in [0.3, 0.4) is 0 Å². The van der Waals surface area contributed by atoms with Gasteiger partial charge >= 0.3 is 0 Å².